The van der Waals surface area contributed by atoms with E-state index in [1.165, 1.54) is 13.4 Å². The molecule has 0 fully saturated rings. The highest BCUT2D eigenvalue weighted by Crippen LogP contribution is 2.01. The SMILES string of the molecule is CC.COC(=O)c1coc(CN)n1. The van der Waals surface area contributed by atoms with E-state index in [9.17, 15) is 4.79 Å². The van der Waals surface area contributed by atoms with E-state index in [2.05, 4.69) is 9.72 Å². The van der Waals surface area contributed by atoms with Gasteiger partial charge in [0.2, 0.25) is 5.89 Å². The van der Waals surface area contributed by atoms with Crippen molar-refractivity contribution >= 4 is 5.97 Å². The maximum absolute atomic E-state index is 10.8. The van der Waals surface area contributed by atoms with Crippen molar-refractivity contribution in [1.29, 1.82) is 0 Å². The van der Waals surface area contributed by atoms with E-state index in [1.54, 1.807) is 0 Å². The number of oxazole rings is 1. The van der Waals surface area contributed by atoms with E-state index in [0.29, 0.717) is 5.89 Å². The number of aromatic nitrogens is 1. The number of hydrogen-bond donors (Lipinski definition) is 1. The molecule has 5 heteroatoms. The second kappa shape index (κ2) is 6.19. The van der Waals surface area contributed by atoms with Gasteiger partial charge in [0.25, 0.3) is 0 Å². The minimum Gasteiger partial charge on any atom is -0.464 e. The Hall–Kier alpha value is -1.36. The molecule has 13 heavy (non-hydrogen) atoms. The lowest BCUT2D eigenvalue weighted by Crippen LogP contribution is -2.02. The topological polar surface area (TPSA) is 78.3 Å². The largest absolute Gasteiger partial charge is 0.464 e. The lowest BCUT2D eigenvalue weighted by molar-refractivity contribution is 0.0594. The predicted octanol–water partition coefficient (Wildman–Crippen LogP) is 0.946. The molecule has 74 valence electrons. The molecule has 1 heterocycles. The van der Waals surface area contributed by atoms with E-state index >= 15 is 0 Å². The standard InChI is InChI=1S/C6H8N2O3.C2H6/c1-10-6(9)4-3-11-5(2-7)8-4;1-2/h3H,2,7H2,1H3;1-2H3. The van der Waals surface area contributed by atoms with Gasteiger partial charge in [-0.15, -0.1) is 0 Å². The summed E-state index contributed by atoms with van der Waals surface area (Å²) in [7, 11) is 1.28. The van der Waals surface area contributed by atoms with Crippen LogP contribution in [0, 0.1) is 0 Å². The van der Waals surface area contributed by atoms with Crippen molar-refractivity contribution in [2.45, 2.75) is 20.4 Å². The van der Waals surface area contributed by atoms with Gasteiger partial charge in [-0.3, -0.25) is 0 Å². The van der Waals surface area contributed by atoms with Gasteiger partial charge in [-0.1, -0.05) is 13.8 Å². The molecule has 0 unspecified atom stereocenters. The number of esters is 1. The van der Waals surface area contributed by atoms with Crippen LogP contribution in [0.3, 0.4) is 0 Å². The highest BCUT2D eigenvalue weighted by atomic mass is 16.5. The van der Waals surface area contributed by atoms with E-state index in [4.69, 9.17) is 10.2 Å². The monoisotopic (exact) mass is 186 g/mol. The smallest absolute Gasteiger partial charge is 0.360 e. The molecule has 0 aliphatic heterocycles. The molecule has 2 N–H and O–H groups in total. The first-order valence-electron chi connectivity index (χ1n) is 4.00. The summed E-state index contributed by atoms with van der Waals surface area (Å²) in [5.74, 6) is -0.196. The van der Waals surface area contributed by atoms with Crippen molar-refractivity contribution in [1.82, 2.24) is 4.98 Å². The van der Waals surface area contributed by atoms with Crippen molar-refractivity contribution in [3.63, 3.8) is 0 Å². The highest BCUT2D eigenvalue weighted by molar-refractivity contribution is 5.86. The first-order chi connectivity index (χ1) is 6.27. The zero-order chi connectivity index (χ0) is 10.3. The fourth-order valence-electron chi connectivity index (χ4n) is 0.603. The molecule has 0 bridgehead atoms. The van der Waals surface area contributed by atoms with E-state index < -0.39 is 5.97 Å². The molecule has 0 amide bonds. The summed E-state index contributed by atoms with van der Waals surface area (Å²) in [6, 6.07) is 0. The van der Waals surface area contributed by atoms with Gasteiger partial charge in [0.15, 0.2) is 5.69 Å². The summed E-state index contributed by atoms with van der Waals surface area (Å²) >= 11 is 0. The molecule has 0 spiro atoms. The quantitative estimate of drug-likeness (QED) is 0.695. The average molecular weight is 186 g/mol. The van der Waals surface area contributed by atoms with Crippen molar-refractivity contribution in [2.75, 3.05) is 7.11 Å². The van der Waals surface area contributed by atoms with E-state index in [0.717, 1.165) is 0 Å². The van der Waals surface area contributed by atoms with Crippen LogP contribution in [0.25, 0.3) is 0 Å². The maximum atomic E-state index is 10.8. The van der Waals surface area contributed by atoms with Gasteiger partial charge >= 0.3 is 5.97 Å². The summed E-state index contributed by atoms with van der Waals surface area (Å²) in [5.41, 5.74) is 5.34. The molecule has 0 atom stereocenters. The van der Waals surface area contributed by atoms with Gasteiger partial charge in [0, 0.05) is 0 Å². The van der Waals surface area contributed by atoms with Crippen LogP contribution < -0.4 is 5.73 Å². The summed E-state index contributed by atoms with van der Waals surface area (Å²) in [6.45, 7) is 4.18. The predicted molar refractivity (Wildman–Crippen MR) is 47.1 cm³/mol. The Kier molecular flexibility index (Phi) is 5.54. The number of rotatable bonds is 2. The Bertz CT molecular complexity index is 258. The van der Waals surface area contributed by atoms with Gasteiger partial charge in [-0.25, -0.2) is 9.78 Å². The third-order valence-corrected chi connectivity index (χ3v) is 1.12. The molecule has 1 rings (SSSR count). The normalized spacial score (nSPS) is 8.62. The Morgan fingerprint density at radius 1 is 1.69 bits per heavy atom. The first kappa shape index (κ1) is 11.6. The fraction of sp³-hybridized carbons (Fsp3) is 0.500. The Labute approximate surface area is 76.9 Å². The highest BCUT2D eigenvalue weighted by Gasteiger charge is 2.10. The van der Waals surface area contributed by atoms with Gasteiger partial charge in [-0.05, 0) is 0 Å². The van der Waals surface area contributed by atoms with Crippen LogP contribution in [0.4, 0.5) is 0 Å². The van der Waals surface area contributed by atoms with Gasteiger partial charge in [0.1, 0.15) is 6.26 Å². The molecule has 0 aromatic carbocycles. The van der Waals surface area contributed by atoms with Gasteiger partial charge in [-0.2, -0.15) is 0 Å². The van der Waals surface area contributed by atoms with Crippen molar-refractivity contribution in [3.8, 4) is 0 Å². The molecule has 0 aliphatic rings. The van der Waals surface area contributed by atoms with Crippen molar-refractivity contribution in [2.24, 2.45) is 5.73 Å². The molecular weight excluding hydrogens is 172 g/mol. The number of methoxy groups -OCH3 is 1. The van der Waals surface area contributed by atoms with E-state index in [1.807, 2.05) is 13.8 Å². The minimum absolute atomic E-state index is 0.146. The number of carbonyl (C=O) groups is 1. The maximum Gasteiger partial charge on any atom is 0.360 e. The van der Waals surface area contributed by atoms with Crippen LogP contribution in [-0.4, -0.2) is 18.1 Å². The summed E-state index contributed by atoms with van der Waals surface area (Å²) in [6.07, 6.45) is 1.22. The zero-order valence-corrected chi connectivity index (χ0v) is 8.03. The average Bonchev–Trinajstić information content (AvgIpc) is 2.68. The van der Waals surface area contributed by atoms with Crippen LogP contribution in [0.5, 0.6) is 0 Å². The molecule has 1 aromatic heterocycles. The molecule has 5 nitrogen and oxygen atoms in total. The van der Waals surface area contributed by atoms with Gasteiger partial charge in [0.05, 0.1) is 13.7 Å². The van der Waals surface area contributed by atoms with Crippen LogP contribution in [0.1, 0.15) is 30.2 Å². The number of carbonyl (C=O) groups excluding carboxylic acids is 1. The van der Waals surface area contributed by atoms with Crippen molar-refractivity contribution < 1.29 is 13.9 Å². The number of ether oxygens (including phenoxy) is 1. The Balaban J connectivity index is 0.000000671. The lowest BCUT2D eigenvalue weighted by Gasteiger charge is -1.89. The van der Waals surface area contributed by atoms with E-state index in [-0.39, 0.29) is 12.2 Å². The molecule has 0 aliphatic carbocycles. The molecular formula is C8H14N2O3. The second-order valence-electron chi connectivity index (χ2n) is 1.82. The third-order valence-electron chi connectivity index (χ3n) is 1.12. The third kappa shape index (κ3) is 3.25. The number of nitrogens with zero attached hydrogens (tertiary/aromatic N) is 1. The summed E-state index contributed by atoms with van der Waals surface area (Å²) in [4.78, 5) is 14.5. The summed E-state index contributed by atoms with van der Waals surface area (Å²) in [5, 5.41) is 0. The number of nitrogens with two attached hydrogens (primary N) is 1. The Morgan fingerprint density at radius 3 is 2.69 bits per heavy atom. The number of hydrogen-bond acceptors (Lipinski definition) is 5. The van der Waals surface area contributed by atoms with Gasteiger partial charge < -0.3 is 14.9 Å². The lowest BCUT2D eigenvalue weighted by atomic mass is 10.5. The van der Waals surface area contributed by atoms with Crippen LogP contribution in [0.15, 0.2) is 10.7 Å². The zero-order valence-electron chi connectivity index (χ0n) is 8.03. The Morgan fingerprint density at radius 2 is 2.31 bits per heavy atom. The first-order valence-corrected chi connectivity index (χ1v) is 4.00. The minimum atomic E-state index is -0.520. The second-order valence-corrected chi connectivity index (χ2v) is 1.82. The molecule has 0 saturated carbocycles. The van der Waals surface area contributed by atoms with Crippen LogP contribution >= 0.6 is 0 Å². The molecule has 0 saturated heterocycles. The van der Waals surface area contributed by atoms with Crippen LogP contribution in [0.2, 0.25) is 0 Å². The van der Waals surface area contributed by atoms with Crippen molar-refractivity contribution in [3.05, 3.63) is 17.8 Å². The summed E-state index contributed by atoms with van der Waals surface area (Å²) < 4.78 is 9.19. The fourth-order valence-corrected chi connectivity index (χ4v) is 0.603. The van der Waals surface area contributed by atoms with Crippen LogP contribution in [-0.2, 0) is 11.3 Å². The molecule has 1 aromatic rings. The molecule has 0 radical (unpaired) electrons.